The minimum atomic E-state index is -4.72. The van der Waals surface area contributed by atoms with Crippen LogP contribution in [0.5, 0.6) is 0 Å². The summed E-state index contributed by atoms with van der Waals surface area (Å²) in [5, 5.41) is 9.52. The summed E-state index contributed by atoms with van der Waals surface area (Å²) in [4.78, 5) is 21.3. The van der Waals surface area contributed by atoms with Crippen molar-refractivity contribution >= 4 is 23.8 Å². The first-order chi connectivity index (χ1) is 12.2. The standard InChI is InChI=1S/C18H16F2NO4P/c19-12-8-13-16(14(9-21-13)26(23,24)25)17(20)15(12)10-2-4-11(5-3-10)18(22)6-1-7-18/h2-5,8-9,21-22H,1,6-7H2,(H2,23,24,25). The molecule has 0 radical (unpaired) electrons. The van der Waals surface area contributed by atoms with E-state index < -0.39 is 30.1 Å². The maximum absolute atomic E-state index is 15.0. The molecule has 4 rings (SSSR count). The fraction of sp³-hybridized carbons (Fsp3) is 0.222. The summed E-state index contributed by atoms with van der Waals surface area (Å²) in [6.07, 6.45) is 3.22. The lowest BCUT2D eigenvalue weighted by Gasteiger charge is -2.37. The van der Waals surface area contributed by atoms with Crippen LogP contribution in [0.4, 0.5) is 8.78 Å². The molecule has 0 unspecified atom stereocenters. The number of fused-ring (bicyclic) bond motifs is 1. The number of aromatic amines is 1. The van der Waals surface area contributed by atoms with Gasteiger partial charge in [-0.15, -0.1) is 0 Å². The Bertz CT molecular complexity index is 1050. The van der Waals surface area contributed by atoms with E-state index in [0.29, 0.717) is 18.4 Å². The van der Waals surface area contributed by atoms with E-state index in [0.717, 1.165) is 18.7 Å². The molecule has 3 aromatic rings. The Kier molecular flexibility index (Phi) is 3.82. The fourth-order valence-corrected chi connectivity index (χ4v) is 4.19. The molecule has 0 saturated heterocycles. The highest BCUT2D eigenvalue weighted by atomic mass is 31.2. The van der Waals surface area contributed by atoms with Gasteiger partial charge in [0, 0.05) is 6.20 Å². The van der Waals surface area contributed by atoms with Gasteiger partial charge in [-0.2, -0.15) is 0 Å². The number of hydrogen-bond acceptors (Lipinski definition) is 2. The van der Waals surface area contributed by atoms with E-state index in [1.165, 1.54) is 12.1 Å². The van der Waals surface area contributed by atoms with Gasteiger partial charge in [0.1, 0.15) is 11.6 Å². The molecule has 1 aliphatic rings. The number of aromatic nitrogens is 1. The van der Waals surface area contributed by atoms with Crippen LogP contribution in [-0.4, -0.2) is 19.9 Å². The molecule has 1 aliphatic carbocycles. The van der Waals surface area contributed by atoms with Crippen LogP contribution >= 0.6 is 7.60 Å². The Morgan fingerprint density at radius 3 is 2.31 bits per heavy atom. The molecule has 1 saturated carbocycles. The van der Waals surface area contributed by atoms with Crippen LogP contribution < -0.4 is 5.30 Å². The summed E-state index contributed by atoms with van der Waals surface area (Å²) in [7, 11) is -4.72. The molecule has 1 aromatic heterocycles. The van der Waals surface area contributed by atoms with E-state index in [2.05, 4.69) is 4.98 Å². The van der Waals surface area contributed by atoms with E-state index >= 15 is 0 Å². The number of aliphatic hydroxyl groups is 1. The number of halogens is 2. The Labute approximate surface area is 147 Å². The monoisotopic (exact) mass is 379 g/mol. The lowest BCUT2D eigenvalue weighted by molar-refractivity contribution is -0.0387. The smallest absolute Gasteiger partial charge is 0.358 e. The number of H-pyrrole nitrogens is 1. The number of nitrogens with one attached hydrogen (secondary N) is 1. The van der Waals surface area contributed by atoms with Gasteiger partial charge in [-0.1, -0.05) is 24.3 Å². The van der Waals surface area contributed by atoms with E-state index in [9.17, 15) is 28.2 Å². The van der Waals surface area contributed by atoms with E-state index in [4.69, 9.17) is 0 Å². The zero-order valence-corrected chi connectivity index (χ0v) is 14.4. The second-order valence-corrected chi connectivity index (χ2v) is 8.22. The number of hydrogen-bond donors (Lipinski definition) is 4. The second kappa shape index (κ2) is 5.72. The molecule has 136 valence electrons. The molecule has 0 amide bonds. The van der Waals surface area contributed by atoms with Crippen LogP contribution in [0.3, 0.4) is 0 Å². The van der Waals surface area contributed by atoms with E-state index in [1.54, 1.807) is 12.1 Å². The average molecular weight is 379 g/mol. The summed E-state index contributed by atoms with van der Waals surface area (Å²) < 4.78 is 41.1. The first kappa shape index (κ1) is 17.4. The predicted molar refractivity (Wildman–Crippen MR) is 93.1 cm³/mol. The normalized spacial score (nSPS) is 16.7. The third-order valence-corrected chi connectivity index (χ3v) is 6.02. The van der Waals surface area contributed by atoms with Crippen molar-refractivity contribution in [2.45, 2.75) is 24.9 Å². The van der Waals surface area contributed by atoms with Crippen LogP contribution in [0.1, 0.15) is 24.8 Å². The Morgan fingerprint density at radius 1 is 1.12 bits per heavy atom. The van der Waals surface area contributed by atoms with Crippen LogP contribution in [0.2, 0.25) is 0 Å². The van der Waals surface area contributed by atoms with Crippen molar-refractivity contribution in [1.29, 1.82) is 0 Å². The molecule has 1 heterocycles. The fourth-order valence-electron chi connectivity index (χ4n) is 3.44. The van der Waals surface area contributed by atoms with Crippen LogP contribution in [-0.2, 0) is 10.2 Å². The van der Waals surface area contributed by atoms with Crippen molar-refractivity contribution in [3.05, 3.63) is 53.7 Å². The molecule has 0 aliphatic heterocycles. The molecule has 4 N–H and O–H groups in total. The van der Waals surface area contributed by atoms with Gasteiger partial charge >= 0.3 is 7.60 Å². The topological polar surface area (TPSA) is 93.5 Å². The first-order valence-corrected chi connectivity index (χ1v) is 9.70. The van der Waals surface area contributed by atoms with Gasteiger partial charge in [-0.25, -0.2) is 8.78 Å². The largest absolute Gasteiger partial charge is 0.385 e. The van der Waals surface area contributed by atoms with Crippen molar-refractivity contribution in [1.82, 2.24) is 4.98 Å². The summed E-state index contributed by atoms with van der Waals surface area (Å²) in [5.74, 6) is -1.88. The first-order valence-electron chi connectivity index (χ1n) is 8.09. The van der Waals surface area contributed by atoms with Crippen LogP contribution in [0.25, 0.3) is 22.0 Å². The van der Waals surface area contributed by atoms with Gasteiger partial charge in [-0.3, -0.25) is 4.57 Å². The highest BCUT2D eigenvalue weighted by molar-refractivity contribution is 7.60. The molecule has 0 atom stereocenters. The molecular weight excluding hydrogens is 363 g/mol. The lowest BCUT2D eigenvalue weighted by Crippen LogP contribution is -2.33. The molecule has 0 spiro atoms. The number of benzene rings is 2. The van der Waals surface area contributed by atoms with E-state index in [1.807, 2.05) is 0 Å². The summed E-state index contributed by atoms with van der Waals surface area (Å²) in [5.41, 5.74) is -0.354. The van der Waals surface area contributed by atoms with Gasteiger partial charge in [0.15, 0.2) is 0 Å². The Hall–Kier alpha value is -2.05. The zero-order valence-electron chi connectivity index (χ0n) is 13.5. The lowest BCUT2D eigenvalue weighted by atomic mass is 9.75. The van der Waals surface area contributed by atoms with Gasteiger partial charge < -0.3 is 19.9 Å². The highest BCUT2D eigenvalue weighted by Crippen LogP contribution is 2.43. The Morgan fingerprint density at radius 2 is 1.77 bits per heavy atom. The summed E-state index contributed by atoms with van der Waals surface area (Å²) in [6.45, 7) is 0. The third-order valence-electron chi connectivity index (χ3n) is 5.04. The molecule has 8 heteroatoms. The van der Waals surface area contributed by atoms with Crippen LogP contribution in [0, 0.1) is 11.6 Å². The van der Waals surface area contributed by atoms with Crippen molar-refractivity contribution in [3.8, 4) is 11.1 Å². The van der Waals surface area contributed by atoms with Gasteiger partial charge in [0.2, 0.25) is 0 Å². The van der Waals surface area contributed by atoms with E-state index in [-0.39, 0.29) is 22.0 Å². The van der Waals surface area contributed by atoms with Crippen molar-refractivity contribution in [3.63, 3.8) is 0 Å². The molecule has 5 nitrogen and oxygen atoms in total. The Balaban J connectivity index is 1.87. The zero-order chi connectivity index (χ0) is 18.7. The molecule has 2 aromatic carbocycles. The summed E-state index contributed by atoms with van der Waals surface area (Å²) in [6, 6.07) is 7.27. The average Bonchev–Trinajstić information content (AvgIpc) is 2.97. The van der Waals surface area contributed by atoms with Gasteiger partial charge in [-0.05, 0) is 36.5 Å². The molecule has 1 fully saturated rings. The van der Waals surface area contributed by atoms with Crippen molar-refractivity contribution in [2.24, 2.45) is 0 Å². The van der Waals surface area contributed by atoms with Crippen molar-refractivity contribution in [2.75, 3.05) is 0 Å². The minimum Gasteiger partial charge on any atom is -0.385 e. The maximum atomic E-state index is 15.0. The number of rotatable bonds is 3. The third kappa shape index (κ3) is 2.59. The van der Waals surface area contributed by atoms with Crippen molar-refractivity contribution < 1.29 is 28.2 Å². The summed E-state index contributed by atoms with van der Waals surface area (Å²) >= 11 is 0. The molecular formula is C18H16F2NO4P. The highest BCUT2D eigenvalue weighted by Gasteiger charge is 2.36. The SMILES string of the molecule is O=P(O)(O)c1c[nH]c2cc(F)c(-c3ccc(C4(O)CCC4)cc3)c(F)c12. The minimum absolute atomic E-state index is 0.0255. The van der Waals surface area contributed by atoms with Gasteiger partial charge in [0.25, 0.3) is 0 Å². The molecule has 0 bridgehead atoms. The molecule has 26 heavy (non-hydrogen) atoms. The van der Waals surface area contributed by atoms with Gasteiger partial charge in [0.05, 0.1) is 27.4 Å². The maximum Gasteiger partial charge on any atom is 0.358 e. The predicted octanol–water partition coefficient (Wildman–Crippen LogP) is 3.29. The van der Waals surface area contributed by atoms with Crippen LogP contribution in [0.15, 0.2) is 36.5 Å². The quantitative estimate of drug-likeness (QED) is 0.526. The second-order valence-electron chi connectivity index (χ2n) is 6.65.